The number of fused-ring (bicyclic) bond motifs is 5. The van der Waals surface area contributed by atoms with E-state index in [9.17, 15) is 10.2 Å². The van der Waals surface area contributed by atoms with Crippen LogP contribution >= 0.6 is 0 Å². The standard InChI is InChI=1S/C25H42O2.CH4/c1-4-5-6-7-10-17-12-13-18-21-19(14-16-24(17,18)2)25(3)15-9-8-11-20(25)22(26)23(21)27;/h4-5,17-23,26-27H,6-16H2,1-3H3;1H4/b5-4+;. The van der Waals surface area contributed by atoms with Gasteiger partial charge in [-0.25, -0.2) is 0 Å². The first-order chi connectivity index (χ1) is 12.9. The van der Waals surface area contributed by atoms with Crippen LogP contribution in [0.15, 0.2) is 12.2 Å². The largest absolute Gasteiger partial charge is 0.390 e. The number of hydrogen-bond acceptors (Lipinski definition) is 2. The van der Waals surface area contributed by atoms with Crippen molar-refractivity contribution in [3.63, 3.8) is 0 Å². The summed E-state index contributed by atoms with van der Waals surface area (Å²) in [5.41, 5.74) is 0.641. The van der Waals surface area contributed by atoms with Gasteiger partial charge in [0, 0.05) is 0 Å². The molecule has 4 aliphatic carbocycles. The summed E-state index contributed by atoms with van der Waals surface area (Å²) >= 11 is 0. The van der Waals surface area contributed by atoms with Gasteiger partial charge in [0.2, 0.25) is 0 Å². The molecular formula is C26H46O2. The van der Waals surface area contributed by atoms with Gasteiger partial charge in [-0.1, -0.05) is 46.3 Å². The third kappa shape index (κ3) is 3.31. The van der Waals surface area contributed by atoms with Gasteiger partial charge < -0.3 is 10.2 Å². The zero-order valence-corrected chi connectivity index (χ0v) is 17.9. The first kappa shape index (κ1) is 22.3. The molecule has 4 saturated carbocycles. The fraction of sp³-hybridized carbons (Fsp3) is 0.923. The quantitative estimate of drug-likeness (QED) is 0.433. The van der Waals surface area contributed by atoms with Gasteiger partial charge in [-0.05, 0) is 105 Å². The molecule has 0 aliphatic heterocycles. The Labute approximate surface area is 174 Å². The molecule has 0 heterocycles. The molecule has 4 aliphatic rings. The van der Waals surface area contributed by atoms with Gasteiger partial charge in [-0.2, -0.15) is 0 Å². The van der Waals surface area contributed by atoms with Crippen LogP contribution in [0.3, 0.4) is 0 Å². The summed E-state index contributed by atoms with van der Waals surface area (Å²) in [4.78, 5) is 0. The topological polar surface area (TPSA) is 40.5 Å². The second-order valence-electron chi connectivity index (χ2n) is 10.9. The van der Waals surface area contributed by atoms with Crippen molar-refractivity contribution in [1.29, 1.82) is 0 Å². The van der Waals surface area contributed by atoms with Crippen LogP contribution in [0, 0.1) is 40.4 Å². The summed E-state index contributed by atoms with van der Waals surface area (Å²) in [6.07, 6.45) is 17.5. The van der Waals surface area contributed by atoms with Crippen molar-refractivity contribution in [2.75, 3.05) is 0 Å². The predicted octanol–water partition coefficient (Wildman–Crippen LogP) is 6.36. The second kappa shape index (κ2) is 8.42. The Kier molecular flexibility index (Phi) is 6.72. The minimum absolute atomic E-state index is 0. The fourth-order valence-corrected chi connectivity index (χ4v) is 8.54. The van der Waals surface area contributed by atoms with Crippen molar-refractivity contribution >= 4 is 0 Å². The van der Waals surface area contributed by atoms with Crippen molar-refractivity contribution in [3.05, 3.63) is 12.2 Å². The number of unbranched alkanes of at least 4 members (excludes halogenated alkanes) is 1. The zero-order chi connectivity index (χ0) is 19.2. The number of allylic oxidation sites excluding steroid dienone is 2. The molecule has 0 amide bonds. The molecule has 0 saturated heterocycles. The average Bonchev–Trinajstić information content (AvgIpc) is 2.99. The van der Waals surface area contributed by atoms with Crippen LogP contribution in [0.2, 0.25) is 0 Å². The maximum atomic E-state index is 11.3. The van der Waals surface area contributed by atoms with Crippen LogP contribution in [0.25, 0.3) is 0 Å². The molecule has 0 spiro atoms. The van der Waals surface area contributed by atoms with E-state index < -0.39 is 12.2 Å². The van der Waals surface area contributed by atoms with E-state index in [0.29, 0.717) is 29.1 Å². The van der Waals surface area contributed by atoms with Gasteiger partial charge >= 0.3 is 0 Å². The SMILES string of the molecule is C.C/C=C/CCCC1CCC2C3C(O)C(O)C4CCCCC4(C)C3CCC12C. The second-order valence-corrected chi connectivity index (χ2v) is 10.9. The van der Waals surface area contributed by atoms with E-state index >= 15 is 0 Å². The molecular weight excluding hydrogens is 344 g/mol. The molecule has 2 heteroatoms. The van der Waals surface area contributed by atoms with Gasteiger partial charge in [-0.15, -0.1) is 0 Å². The van der Waals surface area contributed by atoms with E-state index in [-0.39, 0.29) is 12.8 Å². The van der Waals surface area contributed by atoms with Gasteiger partial charge in [0.15, 0.2) is 0 Å². The lowest BCUT2D eigenvalue weighted by Gasteiger charge is -2.63. The summed E-state index contributed by atoms with van der Waals surface area (Å²) in [6.45, 7) is 7.12. The van der Waals surface area contributed by atoms with E-state index in [1.807, 2.05) is 0 Å². The Morgan fingerprint density at radius 3 is 2.36 bits per heavy atom. The smallest absolute Gasteiger partial charge is 0.0835 e. The van der Waals surface area contributed by atoms with Crippen molar-refractivity contribution in [3.8, 4) is 0 Å². The number of rotatable bonds is 4. The van der Waals surface area contributed by atoms with Crippen LogP contribution < -0.4 is 0 Å². The summed E-state index contributed by atoms with van der Waals surface area (Å²) in [7, 11) is 0. The van der Waals surface area contributed by atoms with Gasteiger partial charge in [0.25, 0.3) is 0 Å². The molecule has 2 N–H and O–H groups in total. The van der Waals surface area contributed by atoms with E-state index in [0.717, 1.165) is 12.3 Å². The van der Waals surface area contributed by atoms with Crippen molar-refractivity contribution in [2.45, 2.75) is 111 Å². The minimum atomic E-state index is -0.493. The highest BCUT2D eigenvalue weighted by Crippen LogP contribution is 2.67. The number of aliphatic hydroxyl groups is 2. The Morgan fingerprint density at radius 1 is 0.857 bits per heavy atom. The van der Waals surface area contributed by atoms with Gasteiger partial charge in [0.05, 0.1) is 12.2 Å². The third-order valence-electron chi connectivity index (χ3n) is 10.0. The lowest BCUT2D eigenvalue weighted by Crippen LogP contribution is -2.63. The van der Waals surface area contributed by atoms with E-state index in [1.54, 1.807) is 0 Å². The summed E-state index contributed by atoms with van der Waals surface area (Å²) in [5.74, 6) is 2.71. The molecule has 9 atom stereocenters. The van der Waals surface area contributed by atoms with Crippen LogP contribution in [0.4, 0.5) is 0 Å². The predicted molar refractivity (Wildman–Crippen MR) is 118 cm³/mol. The molecule has 2 nitrogen and oxygen atoms in total. The fourth-order valence-electron chi connectivity index (χ4n) is 8.54. The van der Waals surface area contributed by atoms with E-state index in [4.69, 9.17) is 0 Å². The molecule has 0 radical (unpaired) electrons. The maximum Gasteiger partial charge on any atom is 0.0835 e. The normalized spacial score (nSPS) is 50.5. The lowest BCUT2D eigenvalue weighted by molar-refractivity contribution is -0.214. The first-order valence-electron chi connectivity index (χ1n) is 11.9. The van der Waals surface area contributed by atoms with Gasteiger partial charge in [-0.3, -0.25) is 0 Å². The van der Waals surface area contributed by atoms with Crippen molar-refractivity contribution in [2.24, 2.45) is 40.4 Å². The highest BCUT2D eigenvalue weighted by molar-refractivity contribution is 5.13. The van der Waals surface area contributed by atoms with E-state index in [1.165, 1.54) is 64.2 Å². The van der Waals surface area contributed by atoms with Crippen LogP contribution in [0.1, 0.15) is 98.8 Å². The molecule has 4 fully saturated rings. The molecule has 0 bridgehead atoms. The number of aliphatic hydroxyl groups excluding tert-OH is 2. The first-order valence-corrected chi connectivity index (χ1v) is 11.9. The average molecular weight is 391 g/mol. The van der Waals surface area contributed by atoms with Crippen molar-refractivity contribution < 1.29 is 10.2 Å². The highest BCUT2D eigenvalue weighted by atomic mass is 16.3. The summed E-state index contributed by atoms with van der Waals surface area (Å²) < 4.78 is 0. The molecule has 9 unspecified atom stereocenters. The molecule has 0 aromatic rings. The molecule has 0 aromatic carbocycles. The van der Waals surface area contributed by atoms with Gasteiger partial charge in [0.1, 0.15) is 0 Å². The summed E-state index contributed by atoms with van der Waals surface area (Å²) in [5, 5.41) is 22.4. The van der Waals surface area contributed by atoms with Crippen molar-refractivity contribution in [1.82, 2.24) is 0 Å². The molecule has 162 valence electrons. The zero-order valence-electron chi connectivity index (χ0n) is 17.9. The third-order valence-corrected chi connectivity index (χ3v) is 10.0. The molecule has 4 rings (SSSR count). The van der Waals surface area contributed by atoms with E-state index in [2.05, 4.69) is 32.9 Å². The Balaban J connectivity index is 0.00000225. The number of hydrogen-bond donors (Lipinski definition) is 2. The summed E-state index contributed by atoms with van der Waals surface area (Å²) in [6, 6.07) is 0. The molecule has 0 aromatic heterocycles. The van der Waals surface area contributed by atoms with Crippen LogP contribution in [0.5, 0.6) is 0 Å². The highest BCUT2D eigenvalue weighted by Gasteiger charge is 2.64. The molecule has 28 heavy (non-hydrogen) atoms. The minimum Gasteiger partial charge on any atom is -0.390 e. The maximum absolute atomic E-state index is 11.3. The van der Waals surface area contributed by atoms with Crippen LogP contribution in [-0.4, -0.2) is 22.4 Å². The monoisotopic (exact) mass is 390 g/mol. The van der Waals surface area contributed by atoms with Crippen LogP contribution in [-0.2, 0) is 0 Å². The lowest BCUT2D eigenvalue weighted by atomic mass is 9.43. The Morgan fingerprint density at radius 2 is 1.61 bits per heavy atom. The Hall–Kier alpha value is -0.340. The Bertz CT molecular complexity index is 557.